The Balaban J connectivity index is 2.13. The van der Waals surface area contributed by atoms with Gasteiger partial charge in [-0.1, -0.05) is 6.07 Å². The predicted molar refractivity (Wildman–Crippen MR) is 69.9 cm³/mol. The fourth-order valence-corrected chi connectivity index (χ4v) is 2.41. The van der Waals surface area contributed by atoms with Crippen LogP contribution < -0.4 is 9.47 Å². The van der Waals surface area contributed by atoms with Crippen molar-refractivity contribution in [2.45, 2.75) is 12.3 Å². The maximum absolute atomic E-state index is 13.5. The van der Waals surface area contributed by atoms with E-state index >= 15 is 0 Å². The van der Waals surface area contributed by atoms with Crippen LogP contribution in [0.15, 0.2) is 18.2 Å². The minimum absolute atomic E-state index is 0.0505. The second-order valence-corrected chi connectivity index (χ2v) is 4.59. The quantitative estimate of drug-likeness (QED) is 0.847. The first kappa shape index (κ1) is 13.4. The molecule has 1 heterocycles. The number of halogens is 1. The van der Waals surface area contributed by atoms with E-state index in [1.54, 1.807) is 6.07 Å². The fraction of sp³-hybridized carbons (Fsp3) is 0.286. The van der Waals surface area contributed by atoms with Gasteiger partial charge in [0.05, 0.1) is 14.2 Å². The largest absolute Gasteiger partial charge is 0.467 e. The zero-order valence-electron chi connectivity index (χ0n) is 11.5. The van der Waals surface area contributed by atoms with Crippen LogP contribution in [0.4, 0.5) is 4.39 Å². The lowest BCUT2D eigenvalue weighted by molar-refractivity contribution is -0.118. The number of carbonyl (C=O) groups is 1. The first-order valence-electron chi connectivity index (χ1n) is 6.27. The molecular weight excluding hydrogens is 277 g/mol. The molecule has 21 heavy (non-hydrogen) atoms. The molecule has 1 aromatic carbocycles. The number of hydrogen-bond acceptors (Lipinski definition) is 6. The number of nitrogens with zero attached hydrogens (tertiary/aromatic N) is 3. The minimum atomic E-state index is -0.721. The van der Waals surface area contributed by atoms with E-state index in [1.807, 2.05) is 0 Å². The summed E-state index contributed by atoms with van der Waals surface area (Å²) >= 11 is 0. The highest BCUT2D eigenvalue weighted by Gasteiger charge is 2.35. The van der Waals surface area contributed by atoms with Crippen molar-refractivity contribution >= 4 is 5.78 Å². The molecule has 6 nitrogen and oxygen atoms in total. The molecular formula is C14H12FN3O3. The molecule has 1 aliphatic carbocycles. The highest BCUT2D eigenvalue weighted by Crippen LogP contribution is 2.35. The Kier molecular flexibility index (Phi) is 3.25. The summed E-state index contributed by atoms with van der Waals surface area (Å²) in [5.74, 6) is -1.01. The molecule has 0 amide bonds. The smallest absolute Gasteiger partial charge is 0.322 e. The third kappa shape index (κ3) is 2.31. The number of fused-ring (bicyclic) bond motifs is 1. The van der Waals surface area contributed by atoms with Gasteiger partial charge in [0.15, 0.2) is 11.6 Å². The SMILES string of the molecule is COc1nc(OC)nc(C2C(=O)Cc3ccc(F)cc32)n1. The monoisotopic (exact) mass is 289 g/mol. The molecule has 0 radical (unpaired) electrons. The summed E-state index contributed by atoms with van der Waals surface area (Å²) in [6.07, 6.45) is 0.233. The van der Waals surface area contributed by atoms with Crippen molar-refractivity contribution < 1.29 is 18.7 Å². The van der Waals surface area contributed by atoms with Gasteiger partial charge in [-0.2, -0.15) is 9.97 Å². The lowest BCUT2D eigenvalue weighted by Gasteiger charge is -2.11. The van der Waals surface area contributed by atoms with Crippen LogP contribution in [0.25, 0.3) is 0 Å². The van der Waals surface area contributed by atoms with Crippen LogP contribution in [-0.4, -0.2) is 35.0 Å². The van der Waals surface area contributed by atoms with Gasteiger partial charge >= 0.3 is 12.0 Å². The Bertz CT molecular complexity index is 698. The van der Waals surface area contributed by atoms with Gasteiger partial charge in [0.25, 0.3) is 0 Å². The van der Waals surface area contributed by atoms with E-state index in [-0.39, 0.29) is 30.0 Å². The van der Waals surface area contributed by atoms with Crippen molar-refractivity contribution in [1.82, 2.24) is 15.0 Å². The molecule has 0 fully saturated rings. The van der Waals surface area contributed by atoms with Crippen LogP contribution in [0.1, 0.15) is 22.9 Å². The Morgan fingerprint density at radius 2 is 1.81 bits per heavy atom. The zero-order chi connectivity index (χ0) is 15.0. The van der Waals surface area contributed by atoms with Crippen molar-refractivity contribution in [3.05, 3.63) is 41.0 Å². The number of hydrogen-bond donors (Lipinski definition) is 0. The van der Waals surface area contributed by atoms with Gasteiger partial charge < -0.3 is 9.47 Å². The second kappa shape index (κ2) is 5.08. The number of benzene rings is 1. The first-order chi connectivity index (χ1) is 10.1. The van der Waals surface area contributed by atoms with E-state index in [4.69, 9.17) is 9.47 Å². The van der Waals surface area contributed by atoms with Crippen molar-refractivity contribution in [1.29, 1.82) is 0 Å². The van der Waals surface area contributed by atoms with Crippen molar-refractivity contribution in [3.8, 4) is 12.0 Å². The molecule has 7 heteroatoms. The normalized spacial score (nSPS) is 16.7. The van der Waals surface area contributed by atoms with Crippen LogP contribution in [0.5, 0.6) is 12.0 Å². The highest BCUT2D eigenvalue weighted by atomic mass is 19.1. The zero-order valence-corrected chi connectivity index (χ0v) is 11.5. The molecule has 0 N–H and O–H groups in total. The molecule has 1 unspecified atom stereocenters. The Morgan fingerprint density at radius 1 is 1.14 bits per heavy atom. The molecule has 108 valence electrons. The van der Waals surface area contributed by atoms with Crippen molar-refractivity contribution in [2.75, 3.05) is 14.2 Å². The van der Waals surface area contributed by atoms with Crippen molar-refractivity contribution in [2.24, 2.45) is 0 Å². The van der Waals surface area contributed by atoms with Gasteiger partial charge in [0.2, 0.25) is 0 Å². The van der Waals surface area contributed by atoms with Gasteiger partial charge in [-0.3, -0.25) is 4.79 Å². The van der Waals surface area contributed by atoms with Crippen LogP contribution in [0.3, 0.4) is 0 Å². The number of ether oxygens (including phenoxy) is 2. The number of rotatable bonds is 3. The number of methoxy groups -OCH3 is 2. The van der Waals surface area contributed by atoms with Gasteiger partial charge in [0, 0.05) is 6.42 Å². The average Bonchev–Trinajstić information content (AvgIpc) is 2.81. The van der Waals surface area contributed by atoms with Crippen molar-refractivity contribution in [3.63, 3.8) is 0 Å². The lowest BCUT2D eigenvalue weighted by Crippen LogP contribution is -2.14. The molecule has 1 atom stereocenters. The average molecular weight is 289 g/mol. The maximum atomic E-state index is 13.5. The number of Topliss-reactive ketones (excluding diaryl/α,β-unsaturated/α-hetero) is 1. The molecule has 0 bridgehead atoms. The third-order valence-corrected chi connectivity index (χ3v) is 3.34. The highest BCUT2D eigenvalue weighted by molar-refractivity contribution is 5.94. The fourth-order valence-electron chi connectivity index (χ4n) is 2.41. The topological polar surface area (TPSA) is 74.2 Å². The van der Waals surface area contributed by atoms with Gasteiger partial charge in [-0.05, 0) is 23.3 Å². The second-order valence-electron chi connectivity index (χ2n) is 4.59. The Hall–Kier alpha value is -2.57. The number of carbonyl (C=O) groups excluding carboxylic acids is 1. The van der Waals surface area contributed by atoms with E-state index in [0.29, 0.717) is 5.56 Å². The first-order valence-corrected chi connectivity index (χ1v) is 6.27. The standard InChI is InChI=1S/C14H12FN3O3/c1-20-13-16-12(17-14(18-13)21-2)11-9-6-8(15)4-3-7(9)5-10(11)19/h3-4,6,11H,5H2,1-2H3. The predicted octanol–water partition coefficient (Wildman–Crippen LogP) is 1.28. The Labute approximate surface area is 120 Å². The summed E-state index contributed by atoms with van der Waals surface area (Å²) < 4.78 is 23.4. The maximum Gasteiger partial charge on any atom is 0.322 e. The van der Waals surface area contributed by atoms with Crippen LogP contribution in [0.2, 0.25) is 0 Å². The van der Waals surface area contributed by atoms with E-state index in [0.717, 1.165) is 5.56 Å². The van der Waals surface area contributed by atoms with E-state index in [2.05, 4.69) is 15.0 Å². The van der Waals surface area contributed by atoms with Gasteiger partial charge in [-0.25, -0.2) is 4.39 Å². The van der Waals surface area contributed by atoms with Crippen LogP contribution in [0, 0.1) is 5.82 Å². The molecule has 0 spiro atoms. The molecule has 0 aliphatic heterocycles. The van der Waals surface area contributed by atoms with Crippen LogP contribution >= 0.6 is 0 Å². The van der Waals surface area contributed by atoms with E-state index in [1.165, 1.54) is 26.4 Å². The summed E-state index contributed by atoms with van der Waals surface area (Å²) in [7, 11) is 2.81. The minimum Gasteiger partial charge on any atom is -0.467 e. The molecule has 0 saturated heterocycles. The summed E-state index contributed by atoms with van der Waals surface area (Å²) in [5.41, 5.74) is 1.36. The van der Waals surface area contributed by atoms with Gasteiger partial charge in [0.1, 0.15) is 11.7 Å². The molecule has 2 aromatic rings. The third-order valence-electron chi connectivity index (χ3n) is 3.34. The molecule has 1 aliphatic rings. The van der Waals surface area contributed by atoms with Gasteiger partial charge in [-0.15, -0.1) is 4.98 Å². The van der Waals surface area contributed by atoms with E-state index < -0.39 is 11.7 Å². The summed E-state index contributed by atoms with van der Waals surface area (Å²) in [6, 6.07) is 4.39. The molecule has 1 aromatic heterocycles. The number of ketones is 1. The summed E-state index contributed by atoms with van der Waals surface area (Å²) in [6.45, 7) is 0. The molecule has 3 rings (SSSR count). The van der Waals surface area contributed by atoms with E-state index in [9.17, 15) is 9.18 Å². The summed E-state index contributed by atoms with van der Waals surface area (Å²) in [5, 5.41) is 0. The number of aromatic nitrogens is 3. The summed E-state index contributed by atoms with van der Waals surface area (Å²) in [4.78, 5) is 24.3. The Morgan fingerprint density at radius 3 is 2.43 bits per heavy atom. The molecule has 0 saturated carbocycles. The van der Waals surface area contributed by atoms with Crippen LogP contribution in [-0.2, 0) is 11.2 Å². The lowest BCUT2D eigenvalue weighted by atomic mass is 10.00.